The van der Waals surface area contributed by atoms with E-state index in [4.69, 9.17) is 5.73 Å². The van der Waals surface area contributed by atoms with Gasteiger partial charge in [0.2, 0.25) is 11.8 Å². The van der Waals surface area contributed by atoms with Gasteiger partial charge in [0.1, 0.15) is 0 Å². The van der Waals surface area contributed by atoms with E-state index in [1.807, 2.05) is 49.1 Å². The second kappa shape index (κ2) is 10.4. The summed E-state index contributed by atoms with van der Waals surface area (Å²) in [6, 6.07) is 9.36. The molecule has 1 aliphatic heterocycles. The van der Waals surface area contributed by atoms with Crippen molar-refractivity contribution in [1.82, 2.24) is 10.2 Å². The molecule has 0 radical (unpaired) electrons. The summed E-state index contributed by atoms with van der Waals surface area (Å²) < 4.78 is 0. The molecular weight excluding hydrogens is 338 g/mol. The molecule has 1 saturated heterocycles. The average molecular weight is 368 g/mol. The van der Waals surface area contributed by atoms with Crippen molar-refractivity contribution < 1.29 is 9.59 Å². The summed E-state index contributed by atoms with van der Waals surface area (Å²) >= 11 is 0. The van der Waals surface area contributed by atoms with Crippen molar-refractivity contribution in [1.29, 1.82) is 0 Å². The summed E-state index contributed by atoms with van der Waals surface area (Å²) in [5.41, 5.74) is 7.21. The molecule has 3 N–H and O–H groups in total. The molecule has 1 unspecified atom stereocenters. The van der Waals surface area contributed by atoms with E-state index in [0.29, 0.717) is 25.4 Å². The number of nitrogens with one attached hydrogen (secondary N) is 1. The lowest BCUT2D eigenvalue weighted by Crippen LogP contribution is -2.50. The fraction of sp³-hybridized carbons (Fsp3) is 0.579. The van der Waals surface area contributed by atoms with Gasteiger partial charge in [-0.1, -0.05) is 44.2 Å². The van der Waals surface area contributed by atoms with E-state index in [0.717, 1.165) is 24.9 Å². The Morgan fingerprint density at radius 2 is 1.96 bits per heavy atom. The summed E-state index contributed by atoms with van der Waals surface area (Å²) in [5, 5.41) is 2.97. The van der Waals surface area contributed by atoms with Gasteiger partial charge in [0, 0.05) is 25.6 Å². The Morgan fingerprint density at radius 1 is 1.28 bits per heavy atom. The second-order valence-electron chi connectivity index (χ2n) is 6.99. The highest BCUT2D eigenvalue weighted by molar-refractivity contribution is 5.85. The van der Waals surface area contributed by atoms with Crippen molar-refractivity contribution in [2.45, 2.75) is 39.2 Å². The fourth-order valence-electron chi connectivity index (χ4n) is 3.07. The topological polar surface area (TPSA) is 75.4 Å². The number of amides is 2. The number of piperidine rings is 1. The first-order valence-corrected chi connectivity index (χ1v) is 8.83. The predicted octanol–water partition coefficient (Wildman–Crippen LogP) is 1.99. The molecule has 0 aliphatic carbocycles. The molecule has 2 atom stereocenters. The third-order valence-corrected chi connectivity index (χ3v) is 4.54. The number of benzene rings is 1. The number of nitrogens with zero attached hydrogens (tertiary/aromatic N) is 1. The number of halogens is 1. The van der Waals surface area contributed by atoms with Crippen LogP contribution in [0.3, 0.4) is 0 Å². The van der Waals surface area contributed by atoms with E-state index in [2.05, 4.69) is 5.32 Å². The van der Waals surface area contributed by atoms with Crippen LogP contribution < -0.4 is 11.1 Å². The summed E-state index contributed by atoms with van der Waals surface area (Å²) in [5.74, 6) is 0.387. The molecular formula is C19H30ClN3O2. The highest BCUT2D eigenvalue weighted by Crippen LogP contribution is 2.17. The van der Waals surface area contributed by atoms with Crippen LogP contribution in [-0.4, -0.2) is 42.4 Å². The van der Waals surface area contributed by atoms with Gasteiger partial charge in [-0.05, 0) is 30.7 Å². The molecule has 5 nitrogen and oxygen atoms in total. The minimum absolute atomic E-state index is 0. The maximum absolute atomic E-state index is 12.6. The number of carbonyl (C=O) groups is 2. The molecule has 1 heterocycles. The summed E-state index contributed by atoms with van der Waals surface area (Å²) in [6.07, 6.45) is 2.56. The third-order valence-electron chi connectivity index (χ3n) is 4.54. The molecule has 1 aromatic carbocycles. The lowest BCUT2D eigenvalue weighted by atomic mass is 9.96. The molecule has 0 aromatic heterocycles. The highest BCUT2D eigenvalue weighted by Gasteiger charge is 2.27. The van der Waals surface area contributed by atoms with Crippen molar-refractivity contribution in [2.24, 2.45) is 17.6 Å². The van der Waals surface area contributed by atoms with E-state index >= 15 is 0 Å². The summed E-state index contributed by atoms with van der Waals surface area (Å²) in [7, 11) is 0. The molecule has 0 bridgehead atoms. The molecule has 140 valence electrons. The first kappa shape index (κ1) is 21.5. The van der Waals surface area contributed by atoms with Gasteiger partial charge in [-0.2, -0.15) is 0 Å². The SMILES string of the molecule is CC(C)C(=O)NCC1CCCN(C(=O)[C@@H](N)Cc2ccccc2)C1.Cl. The summed E-state index contributed by atoms with van der Waals surface area (Å²) in [4.78, 5) is 26.2. The van der Waals surface area contributed by atoms with E-state index in [9.17, 15) is 9.59 Å². The van der Waals surface area contributed by atoms with Gasteiger partial charge >= 0.3 is 0 Å². The molecule has 2 amide bonds. The summed E-state index contributed by atoms with van der Waals surface area (Å²) in [6.45, 7) is 5.84. The largest absolute Gasteiger partial charge is 0.356 e. The standard InChI is InChI=1S/C19H29N3O2.ClH/c1-14(2)18(23)21-12-16-9-6-10-22(13-16)19(24)17(20)11-15-7-4-3-5-8-15;/h3-5,7-8,14,16-17H,6,9-13,20H2,1-2H3,(H,21,23);1H/t16?,17-;/m0./s1. The van der Waals surface area contributed by atoms with Gasteiger partial charge in [0.05, 0.1) is 6.04 Å². The molecule has 1 aromatic rings. The maximum atomic E-state index is 12.6. The number of hydrogen-bond acceptors (Lipinski definition) is 3. The Morgan fingerprint density at radius 3 is 2.60 bits per heavy atom. The quantitative estimate of drug-likeness (QED) is 0.807. The third kappa shape index (κ3) is 6.67. The van der Waals surface area contributed by atoms with Gasteiger partial charge < -0.3 is 16.0 Å². The Hall–Kier alpha value is -1.59. The Labute approximate surface area is 156 Å². The van der Waals surface area contributed by atoms with E-state index in [1.165, 1.54) is 0 Å². The maximum Gasteiger partial charge on any atom is 0.239 e. The van der Waals surface area contributed by atoms with E-state index < -0.39 is 6.04 Å². The average Bonchev–Trinajstić information content (AvgIpc) is 2.60. The molecule has 1 aliphatic rings. The Bertz CT molecular complexity index is 551. The number of carbonyl (C=O) groups excluding carboxylic acids is 2. The lowest BCUT2D eigenvalue weighted by Gasteiger charge is -2.34. The van der Waals surface area contributed by atoms with Crippen molar-refractivity contribution in [3.8, 4) is 0 Å². The number of rotatable bonds is 6. The van der Waals surface area contributed by atoms with Crippen LogP contribution in [0.2, 0.25) is 0 Å². The van der Waals surface area contributed by atoms with Crippen LogP contribution in [0.5, 0.6) is 0 Å². The van der Waals surface area contributed by atoms with Gasteiger partial charge in [-0.25, -0.2) is 0 Å². The van der Waals surface area contributed by atoms with Crippen LogP contribution in [0.1, 0.15) is 32.3 Å². The first-order chi connectivity index (χ1) is 11.5. The van der Waals surface area contributed by atoms with Crippen LogP contribution in [0, 0.1) is 11.8 Å². The number of likely N-dealkylation sites (tertiary alicyclic amines) is 1. The normalized spacial score (nSPS) is 18.4. The molecule has 1 fully saturated rings. The molecule has 2 rings (SSSR count). The van der Waals surface area contributed by atoms with Crippen LogP contribution in [0.15, 0.2) is 30.3 Å². The van der Waals surface area contributed by atoms with Crippen LogP contribution in [0.25, 0.3) is 0 Å². The molecule has 6 heteroatoms. The first-order valence-electron chi connectivity index (χ1n) is 8.83. The lowest BCUT2D eigenvalue weighted by molar-refractivity contribution is -0.134. The van der Waals surface area contributed by atoms with E-state index in [-0.39, 0.29) is 30.1 Å². The van der Waals surface area contributed by atoms with Crippen molar-refractivity contribution >= 4 is 24.2 Å². The molecule has 0 saturated carbocycles. The zero-order valence-electron chi connectivity index (χ0n) is 15.1. The van der Waals surface area contributed by atoms with Gasteiger partial charge in [0.25, 0.3) is 0 Å². The Balaban J connectivity index is 0.00000312. The number of nitrogens with two attached hydrogens (primary N) is 1. The van der Waals surface area contributed by atoms with Crippen molar-refractivity contribution in [2.75, 3.05) is 19.6 Å². The molecule has 0 spiro atoms. The number of hydrogen-bond donors (Lipinski definition) is 2. The van der Waals surface area contributed by atoms with Crippen LogP contribution >= 0.6 is 12.4 Å². The zero-order valence-corrected chi connectivity index (χ0v) is 15.9. The minimum Gasteiger partial charge on any atom is -0.356 e. The zero-order chi connectivity index (χ0) is 17.5. The predicted molar refractivity (Wildman–Crippen MR) is 103 cm³/mol. The smallest absolute Gasteiger partial charge is 0.239 e. The van der Waals surface area contributed by atoms with Crippen LogP contribution in [-0.2, 0) is 16.0 Å². The van der Waals surface area contributed by atoms with Crippen molar-refractivity contribution in [3.05, 3.63) is 35.9 Å². The molecule has 25 heavy (non-hydrogen) atoms. The monoisotopic (exact) mass is 367 g/mol. The van der Waals surface area contributed by atoms with Gasteiger partial charge in [-0.15, -0.1) is 12.4 Å². The second-order valence-corrected chi connectivity index (χ2v) is 6.99. The minimum atomic E-state index is -0.503. The van der Waals surface area contributed by atoms with Crippen LogP contribution in [0.4, 0.5) is 0 Å². The highest BCUT2D eigenvalue weighted by atomic mass is 35.5. The van der Waals surface area contributed by atoms with Gasteiger partial charge in [-0.3, -0.25) is 9.59 Å². The fourth-order valence-corrected chi connectivity index (χ4v) is 3.07. The van der Waals surface area contributed by atoms with Gasteiger partial charge in [0.15, 0.2) is 0 Å². The Kier molecular flexibility index (Phi) is 8.93. The van der Waals surface area contributed by atoms with Crippen molar-refractivity contribution in [3.63, 3.8) is 0 Å². The van der Waals surface area contributed by atoms with E-state index in [1.54, 1.807) is 0 Å².